The van der Waals surface area contributed by atoms with Crippen molar-refractivity contribution in [3.05, 3.63) is 35.1 Å². The second-order valence-corrected chi connectivity index (χ2v) is 5.26. The van der Waals surface area contributed by atoms with Crippen molar-refractivity contribution < 1.29 is 9.50 Å². The topological polar surface area (TPSA) is 73.3 Å². The highest BCUT2D eigenvalue weighted by Gasteiger charge is 2.25. The third kappa shape index (κ3) is 3.11. The van der Waals surface area contributed by atoms with Crippen LogP contribution in [-0.2, 0) is 6.54 Å². The zero-order valence-corrected chi connectivity index (χ0v) is 11.1. The number of nitrogens with one attached hydrogen (secondary N) is 1. The van der Waals surface area contributed by atoms with Crippen LogP contribution in [0.2, 0.25) is 0 Å². The number of β-amino-alcohol motifs (C(OH)–C–C–N with tert-alkyl or cyclic N) is 1. The lowest BCUT2D eigenvalue weighted by Crippen LogP contribution is -2.42. The summed E-state index contributed by atoms with van der Waals surface area (Å²) in [5.74, 6) is -0.389. The Labute approximate surface area is 112 Å². The van der Waals surface area contributed by atoms with Gasteiger partial charge in [-0.3, -0.25) is 10.3 Å². The number of likely N-dealkylation sites (tertiary alicyclic amines) is 1. The largest absolute Gasteiger partial charge is 0.392 e. The second kappa shape index (κ2) is 5.67. The lowest BCUT2D eigenvalue weighted by Gasteiger charge is -2.34. The number of piperidine rings is 1. The molecule has 1 heterocycles. The Kier molecular flexibility index (Phi) is 4.17. The van der Waals surface area contributed by atoms with Gasteiger partial charge in [0.1, 0.15) is 11.7 Å². The van der Waals surface area contributed by atoms with Gasteiger partial charge in [-0.2, -0.15) is 0 Å². The monoisotopic (exact) mass is 265 g/mol. The molecule has 0 amide bonds. The zero-order chi connectivity index (χ0) is 14.0. The number of nitrogens with two attached hydrogens (primary N) is 1. The van der Waals surface area contributed by atoms with Gasteiger partial charge >= 0.3 is 0 Å². The van der Waals surface area contributed by atoms with Gasteiger partial charge in [-0.1, -0.05) is 19.1 Å². The van der Waals surface area contributed by atoms with E-state index in [4.69, 9.17) is 11.1 Å². The third-order valence-corrected chi connectivity index (χ3v) is 3.77. The number of nitrogens with zero attached hydrogens (tertiary/aromatic N) is 1. The fourth-order valence-electron chi connectivity index (χ4n) is 2.41. The Morgan fingerprint density at radius 3 is 2.95 bits per heavy atom. The summed E-state index contributed by atoms with van der Waals surface area (Å²) in [7, 11) is 0. The van der Waals surface area contributed by atoms with Crippen molar-refractivity contribution in [2.75, 3.05) is 13.1 Å². The van der Waals surface area contributed by atoms with Crippen LogP contribution in [0.5, 0.6) is 0 Å². The Hall–Kier alpha value is -1.46. The van der Waals surface area contributed by atoms with Crippen LogP contribution in [0.1, 0.15) is 24.5 Å². The van der Waals surface area contributed by atoms with E-state index in [9.17, 15) is 9.50 Å². The number of aliphatic hydroxyl groups is 1. The summed E-state index contributed by atoms with van der Waals surface area (Å²) in [6.07, 6.45) is 0.558. The molecular formula is C14H20FN3O. The van der Waals surface area contributed by atoms with E-state index in [1.165, 1.54) is 6.07 Å². The first-order valence-corrected chi connectivity index (χ1v) is 6.51. The fraction of sp³-hybridized carbons (Fsp3) is 0.500. The summed E-state index contributed by atoms with van der Waals surface area (Å²) in [4.78, 5) is 2.03. The molecule has 1 fully saturated rings. The molecule has 5 heteroatoms. The first-order chi connectivity index (χ1) is 8.99. The van der Waals surface area contributed by atoms with Gasteiger partial charge in [-0.15, -0.1) is 0 Å². The zero-order valence-electron chi connectivity index (χ0n) is 11.1. The van der Waals surface area contributed by atoms with Gasteiger partial charge in [0.2, 0.25) is 0 Å². The predicted molar refractivity (Wildman–Crippen MR) is 72.5 cm³/mol. The Morgan fingerprint density at radius 2 is 2.32 bits per heavy atom. The van der Waals surface area contributed by atoms with Crippen molar-refractivity contribution in [2.24, 2.45) is 11.7 Å². The highest BCUT2D eigenvalue weighted by molar-refractivity contribution is 5.95. The Morgan fingerprint density at radius 1 is 1.58 bits per heavy atom. The highest BCUT2D eigenvalue weighted by Crippen LogP contribution is 2.21. The molecular weight excluding hydrogens is 245 g/mol. The van der Waals surface area contributed by atoms with Crippen LogP contribution in [-0.4, -0.2) is 35.0 Å². The average molecular weight is 265 g/mol. The number of halogens is 1. The maximum absolute atomic E-state index is 14.1. The summed E-state index contributed by atoms with van der Waals surface area (Å²) in [5, 5.41) is 17.2. The van der Waals surface area contributed by atoms with E-state index in [0.29, 0.717) is 24.6 Å². The summed E-state index contributed by atoms with van der Waals surface area (Å²) < 4.78 is 14.1. The first-order valence-electron chi connectivity index (χ1n) is 6.51. The average Bonchev–Trinajstić information content (AvgIpc) is 2.36. The minimum Gasteiger partial charge on any atom is -0.392 e. The van der Waals surface area contributed by atoms with Crippen molar-refractivity contribution >= 4 is 5.84 Å². The second-order valence-electron chi connectivity index (χ2n) is 5.26. The lowest BCUT2D eigenvalue weighted by atomic mass is 9.95. The molecule has 104 valence electrons. The van der Waals surface area contributed by atoms with Crippen LogP contribution in [0.25, 0.3) is 0 Å². The number of nitrogen functional groups attached to an aromatic ring is 1. The van der Waals surface area contributed by atoms with Gasteiger partial charge in [0, 0.05) is 18.7 Å². The molecule has 0 aliphatic carbocycles. The van der Waals surface area contributed by atoms with E-state index in [0.717, 1.165) is 13.0 Å². The molecule has 2 unspecified atom stereocenters. The molecule has 1 aliphatic rings. The maximum atomic E-state index is 14.1. The van der Waals surface area contributed by atoms with Crippen LogP contribution in [0, 0.1) is 17.1 Å². The number of rotatable bonds is 3. The molecule has 0 bridgehead atoms. The molecule has 2 atom stereocenters. The van der Waals surface area contributed by atoms with Crippen molar-refractivity contribution in [1.29, 1.82) is 5.41 Å². The van der Waals surface area contributed by atoms with E-state index in [1.807, 2.05) is 11.8 Å². The van der Waals surface area contributed by atoms with Crippen molar-refractivity contribution in [3.63, 3.8) is 0 Å². The van der Waals surface area contributed by atoms with E-state index in [1.54, 1.807) is 12.1 Å². The SMILES string of the molecule is CC1CCN(Cc2cccc(C(=N)N)c2F)CC1O. The van der Waals surface area contributed by atoms with Crippen LogP contribution in [0.3, 0.4) is 0 Å². The minimum absolute atomic E-state index is 0.142. The van der Waals surface area contributed by atoms with Gasteiger partial charge < -0.3 is 10.8 Å². The third-order valence-electron chi connectivity index (χ3n) is 3.77. The van der Waals surface area contributed by atoms with E-state index < -0.39 is 5.82 Å². The summed E-state index contributed by atoms with van der Waals surface area (Å²) in [6.45, 7) is 3.88. The fourth-order valence-corrected chi connectivity index (χ4v) is 2.41. The van der Waals surface area contributed by atoms with Gasteiger partial charge in [-0.05, 0) is 24.9 Å². The Bertz CT molecular complexity index is 478. The molecule has 4 nitrogen and oxygen atoms in total. The smallest absolute Gasteiger partial charge is 0.138 e. The predicted octanol–water partition coefficient (Wildman–Crippen LogP) is 1.31. The van der Waals surface area contributed by atoms with Crippen molar-refractivity contribution in [2.45, 2.75) is 26.0 Å². The van der Waals surface area contributed by atoms with Crippen LogP contribution >= 0.6 is 0 Å². The maximum Gasteiger partial charge on any atom is 0.138 e. The standard InChI is InChI=1S/C14H20FN3O/c1-9-5-6-18(8-12(9)19)7-10-3-2-4-11(13(10)15)14(16)17/h2-4,9,12,19H,5-8H2,1H3,(H3,16,17). The lowest BCUT2D eigenvalue weighted by molar-refractivity contribution is 0.0255. The molecule has 0 saturated carbocycles. The number of hydrogen-bond acceptors (Lipinski definition) is 3. The van der Waals surface area contributed by atoms with Gasteiger partial charge in [-0.25, -0.2) is 4.39 Å². The summed E-state index contributed by atoms with van der Waals surface area (Å²) >= 11 is 0. The van der Waals surface area contributed by atoms with Crippen LogP contribution < -0.4 is 5.73 Å². The number of hydrogen-bond donors (Lipinski definition) is 3. The summed E-state index contributed by atoms with van der Waals surface area (Å²) in [5.41, 5.74) is 6.01. The number of aliphatic hydroxyl groups excluding tert-OH is 1. The van der Waals surface area contributed by atoms with E-state index >= 15 is 0 Å². The molecule has 2 rings (SSSR count). The molecule has 1 saturated heterocycles. The molecule has 1 aliphatic heterocycles. The van der Waals surface area contributed by atoms with E-state index in [-0.39, 0.29) is 17.5 Å². The quantitative estimate of drug-likeness (QED) is 0.570. The number of amidine groups is 1. The summed E-state index contributed by atoms with van der Waals surface area (Å²) in [6, 6.07) is 4.92. The molecule has 1 aromatic carbocycles. The molecule has 19 heavy (non-hydrogen) atoms. The first kappa shape index (κ1) is 14.0. The van der Waals surface area contributed by atoms with Crippen LogP contribution in [0.4, 0.5) is 4.39 Å². The van der Waals surface area contributed by atoms with Gasteiger partial charge in [0.15, 0.2) is 0 Å². The molecule has 4 N–H and O–H groups in total. The minimum atomic E-state index is -0.428. The van der Waals surface area contributed by atoms with Crippen molar-refractivity contribution in [3.8, 4) is 0 Å². The molecule has 0 spiro atoms. The van der Waals surface area contributed by atoms with Gasteiger partial charge in [0.05, 0.1) is 11.7 Å². The van der Waals surface area contributed by atoms with E-state index in [2.05, 4.69) is 0 Å². The molecule has 0 radical (unpaired) electrons. The highest BCUT2D eigenvalue weighted by atomic mass is 19.1. The number of benzene rings is 1. The molecule has 0 aromatic heterocycles. The van der Waals surface area contributed by atoms with Gasteiger partial charge in [0.25, 0.3) is 0 Å². The van der Waals surface area contributed by atoms with Crippen molar-refractivity contribution in [1.82, 2.24) is 4.90 Å². The molecule has 1 aromatic rings. The van der Waals surface area contributed by atoms with Crippen LogP contribution in [0.15, 0.2) is 18.2 Å². The Balaban J connectivity index is 2.11. The normalized spacial score (nSPS) is 24.4.